The summed E-state index contributed by atoms with van der Waals surface area (Å²) >= 11 is 0. The minimum absolute atomic E-state index is 0.0685. The Morgan fingerprint density at radius 1 is 0.966 bits per heavy atom. The summed E-state index contributed by atoms with van der Waals surface area (Å²) in [5, 5.41) is 3.07. The maximum absolute atomic E-state index is 13.2. The Labute approximate surface area is 172 Å². The molecule has 152 valence electrons. The van der Waals surface area contributed by atoms with E-state index in [4.69, 9.17) is 0 Å². The first kappa shape index (κ1) is 19.6. The Hall–Kier alpha value is -2.66. The lowest BCUT2D eigenvalue weighted by molar-refractivity contribution is -0.137. The van der Waals surface area contributed by atoms with Crippen LogP contribution >= 0.6 is 0 Å². The molecule has 0 saturated carbocycles. The average molecular weight is 392 g/mol. The van der Waals surface area contributed by atoms with Crippen LogP contribution in [0, 0.1) is 13.8 Å². The van der Waals surface area contributed by atoms with Crippen LogP contribution in [0.3, 0.4) is 0 Å². The van der Waals surface area contributed by atoms with E-state index in [0.29, 0.717) is 13.0 Å². The Morgan fingerprint density at radius 2 is 1.62 bits per heavy atom. The van der Waals surface area contributed by atoms with E-state index in [0.717, 1.165) is 42.7 Å². The van der Waals surface area contributed by atoms with Gasteiger partial charge in [-0.25, -0.2) is 0 Å². The predicted molar refractivity (Wildman–Crippen MR) is 115 cm³/mol. The van der Waals surface area contributed by atoms with Gasteiger partial charge < -0.3 is 10.2 Å². The van der Waals surface area contributed by atoms with Gasteiger partial charge in [0.25, 0.3) is 0 Å². The molecule has 0 spiro atoms. The molecule has 5 heteroatoms. The molecule has 1 N–H and O–H groups in total. The maximum atomic E-state index is 13.2. The van der Waals surface area contributed by atoms with Crippen LogP contribution in [0.5, 0.6) is 0 Å². The lowest BCUT2D eigenvalue weighted by Crippen LogP contribution is -2.53. The molecule has 2 aromatic carbocycles. The molecule has 0 aliphatic carbocycles. The lowest BCUT2D eigenvalue weighted by Gasteiger charge is -2.37. The van der Waals surface area contributed by atoms with Gasteiger partial charge in [-0.15, -0.1) is 0 Å². The fraction of sp³-hybridized carbons (Fsp3) is 0.417. The van der Waals surface area contributed by atoms with Crippen LogP contribution in [-0.2, 0) is 22.6 Å². The van der Waals surface area contributed by atoms with E-state index in [1.54, 1.807) is 0 Å². The second kappa shape index (κ2) is 8.37. The molecular weight excluding hydrogens is 362 g/mol. The number of carbonyl (C=O) groups excluding carboxylic acids is 2. The molecule has 5 nitrogen and oxygen atoms in total. The van der Waals surface area contributed by atoms with Gasteiger partial charge in [0, 0.05) is 25.3 Å². The van der Waals surface area contributed by atoms with Gasteiger partial charge in [-0.3, -0.25) is 14.5 Å². The molecule has 4 rings (SSSR count). The molecule has 0 radical (unpaired) electrons. The normalized spacial score (nSPS) is 19.1. The van der Waals surface area contributed by atoms with Crippen molar-refractivity contribution >= 4 is 17.5 Å². The van der Waals surface area contributed by atoms with Gasteiger partial charge in [0.05, 0.1) is 12.6 Å². The third kappa shape index (κ3) is 4.20. The molecule has 2 amide bonds. The molecule has 29 heavy (non-hydrogen) atoms. The molecule has 2 aliphatic rings. The number of likely N-dealkylation sites (tertiary alicyclic amines) is 1. The summed E-state index contributed by atoms with van der Waals surface area (Å²) in [5.41, 5.74) is 5.39. The number of fused-ring (bicyclic) bond motifs is 1. The van der Waals surface area contributed by atoms with Crippen molar-refractivity contribution < 1.29 is 9.59 Å². The number of para-hydroxylation sites is 1. The largest absolute Gasteiger partial charge is 0.341 e. The minimum atomic E-state index is -0.272. The monoisotopic (exact) mass is 391 g/mol. The molecule has 0 bridgehead atoms. The first-order valence-corrected chi connectivity index (χ1v) is 10.5. The van der Waals surface area contributed by atoms with Gasteiger partial charge in [-0.1, -0.05) is 42.5 Å². The van der Waals surface area contributed by atoms with Crippen molar-refractivity contribution in [2.75, 3.05) is 25.0 Å². The highest BCUT2D eigenvalue weighted by molar-refractivity contribution is 5.94. The highest BCUT2D eigenvalue weighted by atomic mass is 16.2. The van der Waals surface area contributed by atoms with Gasteiger partial charge in [0.15, 0.2) is 0 Å². The quantitative estimate of drug-likeness (QED) is 0.870. The highest BCUT2D eigenvalue weighted by Gasteiger charge is 2.35. The number of carbonyl (C=O) groups is 2. The fourth-order valence-corrected chi connectivity index (χ4v) is 4.51. The summed E-state index contributed by atoms with van der Waals surface area (Å²) in [6, 6.07) is 14.0. The second-order valence-electron chi connectivity index (χ2n) is 8.24. The standard InChI is InChI=1S/C24H29N3O2/c1-17-8-7-9-18(2)23(17)25-22(28)16-27-15-20-11-4-3-10-19(20)14-21(27)24(29)26-12-5-6-13-26/h3-4,7-11,21H,5-6,12-16H2,1-2H3,(H,25,28)/t21-/m0/s1. The van der Waals surface area contributed by atoms with E-state index >= 15 is 0 Å². The Morgan fingerprint density at radius 3 is 2.31 bits per heavy atom. The van der Waals surface area contributed by atoms with Crippen molar-refractivity contribution in [3.8, 4) is 0 Å². The molecule has 2 heterocycles. The zero-order valence-electron chi connectivity index (χ0n) is 17.3. The van der Waals surface area contributed by atoms with Crippen LogP contribution in [0.2, 0.25) is 0 Å². The zero-order valence-corrected chi connectivity index (χ0v) is 17.3. The number of aryl methyl sites for hydroxylation is 2. The molecule has 2 aliphatic heterocycles. The minimum Gasteiger partial charge on any atom is -0.341 e. The van der Waals surface area contributed by atoms with Crippen LogP contribution in [-0.4, -0.2) is 47.3 Å². The average Bonchev–Trinajstić information content (AvgIpc) is 3.25. The fourth-order valence-electron chi connectivity index (χ4n) is 4.51. The van der Waals surface area contributed by atoms with Gasteiger partial charge in [-0.05, 0) is 55.4 Å². The molecule has 0 aromatic heterocycles. The van der Waals surface area contributed by atoms with Crippen molar-refractivity contribution in [1.82, 2.24) is 9.80 Å². The Kier molecular flexibility index (Phi) is 5.67. The molecule has 1 saturated heterocycles. The van der Waals surface area contributed by atoms with Gasteiger partial charge in [-0.2, -0.15) is 0 Å². The summed E-state index contributed by atoms with van der Waals surface area (Å²) < 4.78 is 0. The Bertz CT molecular complexity index is 898. The van der Waals surface area contributed by atoms with Crippen molar-refractivity contribution in [2.24, 2.45) is 0 Å². The first-order chi connectivity index (χ1) is 14.0. The summed E-state index contributed by atoms with van der Waals surface area (Å²) in [5.74, 6) is 0.0953. The first-order valence-electron chi connectivity index (χ1n) is 10.5. The summed E-state index contributed by atoms with van der Waals surface area (Å²) in [6.45, 7) is 6.50. The van der Waals surface area contributed by atoms with E-state index in [1.165, 1.54) is 11.1 Å². The van der Waals surface area contributed by atoms with E-state index < -0.39 is 0 Å². The van der Waals surface area contributed by atoms with E-state index in [-0.39, 0.29) is 24.4 Å². The van der Waals surface area contributed by atoms with Gasteiger partial charge >= 0.3 is 0 Å². The number of benzene rings is 2. The predicted octanol–water partition coefficient (Wildman–Crippen LogP) is 3.29. The molecule has 1 fully saturated rings. The number of rotatable bonds is 4. The van der Waals surface area contributed by atoms with E-state index in [2.05, 4.69) is 17.4 Å². The van der Waals surface area contributed by atoms with Crippen LogP contribution in [0.1, 0.15) is 35.1 Å². The number of nitrogens with zero attached hydrogens (tertiary/aromatic N) is 2. The number of hydrogen-bond donors (Lipinski definition) is 1. The van der Waals surface area contributed by atoms with E-state index in [9.17, 15) is 9.59 Å². The third-order valence-corrected chi connectivity index (χ3v) is 6.14. The van der Waals surface area contributed by atoms with Crippen LogP contribution in [0.25, 0.3) is 0 Å². The molecule has 1 atom stereocenters. The summed E-state index contributed by atoms with van der Waals surface area (Å²) in [6.07, 6.45) is 2.81. The summed E-state index contributed by atoms with van der Waals surface area (Å²) in [4.78, 5) is 30.1. The van der Waals surface area contributed by atoms with Crippen molar-refractivity contribution in [3.63, 3.8) is 0 Å². The number of hydrogen-bond acceptors (Lipinski definition) is 3. The Balaban J connectivity index is 1.54. The SMILES string of the molecule is Cc1cccc(C)c1NC(=O)CN1Cc2ccccc2C[C@H]1C(=O)N1CCCC1. The number of nitrogens with one attached hydrogen (secondary N) is 1. The maximum Gasteiger partial charge on any atom is 0.240 e. The van der Waals surface area contributed by atoms with Crippen molar-refractivity contribution in [2.45, 2.75) is 45.7 Å². The number of anilines is 1. The second-order valence-corrected chi connectivity index (χ2v) is 8.24. The highest BCUT2D eigenvalue weighted by Crippen LogP contribution is 2.26. The zero-order chi connectivity index (χ0) is 20.4. The van der Waals surface area contributed by atoms with Crippen LogP contribution in [0.4, 0.5) is 5.69 Å². The van der Waals surface area contributed by atoms with Gasteiger partial charge in [0.2, 0.25) is 11.8 Å². The van der Waals surface area contributed by atoms with Gasteiger partial charge in [0.1, 0.15) is 0 Å². The molecule has 2 aromatic rings. The topological polar surface area (TPSA) is 52.7 Å². The number of amides is 2. The molecular formula is C24H29N3O2. The van der Waals surface area contributed by atoms with Crippen LogP contribution in [0.15, 0.2) is 42.5 Å². The third-order valence-electron chi connectivity index (χ3n) is 6.14. The van der Waals surface area contributed by atoms with E-state index in [1.807, 2.05) is 54.0 Å². The molecule has 0 unspecified atom stereocenters. The lowest BCUT2D eigenvalue weighted by atomic mass is 9.93. The van der Waals surface area contributed by atoms with Crippen molar-refractivity contribution in [3.05, 3.63) is 64.7 Å². The van der Waals surface area contributed by atoms with Crippen molar-refractivity contribution in [1.29, 1.82) is 0 Å². The van der Waals surface area contributed by atoms with Crippen LogP contribution < -0.4 is 5.32 Å². The summed E-state index contributed by atoms with van der Waals surface area (Å²) in [7, 11) is 0. The smallest absolute Gasteiger partial charge is 0.240 e.